The maximum absolute atomic E-state index is 12.1. The summed E-state index contributed by atoms with van der Waals surface area (Å²) in [7, 11) is -3.68. The summed E-state index contributed by atoms with van der Waals surface area (Å²) < 4.78 is 27.9. The Kier molecular flexibility index (Phi) is 4.66. The van der Waals surface area contributed by atoms with E-state index >= 15 is 0 Å². The van der Waals surface area contributed by atoms with Gasteiger partial charge in [-0.05, 0) is 17.7 Å². The maximum atomic E-state index is 12.1. The van der Waals surface area contributed by atoms with Crippen molar-refractivity contribution in [3.8, 4) is 0 Å². The van der Waals surface area contributed by atoms with Gasteiger partial charge in [-0.1, -0.05) is 0 Å². The van der Waals surface area contributed by atoms with Crippen molar-refractivity contribution in [1.29, 1.82) is 0 Å². The van der Waals surface area contributed by atoms with Gasteiger partial charge in [0, 0.05) is 25.1 Å². The number of rotatable bonds is 7. The maximum Gasteiger partial charge on any atom is 0.305 e. The van der Waals surface area contributed by atoms with E-state index in [9.17, 15) is 13.2 Å². The van der Waals surface area contributed by atoms with E-state index in [1.807, 2.05) is 0 Å². The molecule has 0 amide bonds. The molecule has 21 heavy (non-hydrogen) atoms. The number of carboxylic acid groups (broad SMARTS) is 1. The first-order chi connectivity index (χ1) is 9.97. The highest BCUT2D eigenvalue weighted by Crippen LogP contribution is 2.08. The highest BCUT2D eigenvalue weighted by Gasteiger charge is 2.16. The Hall–Kier alpha value is -2.26. The van der Waals surface area contributed by atoms with Gasteiger partial charge in [-0.2, -0.15) is 5.10 Å². The lowest BCUT2D eigenvalue weighted by atomic mass is 10.3. The monoisotopic (exact) mass is 310 g/mol. The molecule has 2 aromatic rings. The van der Waals surface area contributed by atoms with Crippen LogP contribution in [0.3, 0.4) is 0 Å². The van der Waals surface area contributed by atoms with E-state index in [2.05, 4.69) is 14.8 Å². The van der Waals surface area contributed by atoms with E-state index in [-0.39, 0.29) is 24.4 Å². The first-order valence-electron chi connectivity index (χ1n) is 6.10. The van der Waals surface area contributed by atoms with Gasteiger partial charge in [-0.25, -0.2) is 13.1 Å². The molecule has 0 atom stereocenters. The quantitative estimate of drug-likeness (QED) is 0.756. The van der Waals surface area contributed by atoms with Crippen molar-refractivity contribution in [2.45, 2.75) is 24.4 Å². The number of carbonyl (C=O) groups is 1. The van der Waals surface area contributed by atoms with Gasteiger partial charge < -0.3 is 5.11 Å². The predicted molar refractivity (Wildman–Crippen MR) is 72.7 cm³/mol. The molecule has 0 radical (unpaired) electrons. The van der Waals surface area contributed by atoms with E-state index < -0.39 is 16.0 Å². The normalized spacial score (nSPS) is 11.4. The molecule has 0 unspecified atom stereocenters. The van der Waals surface area contributed by atoms with Gasteiger partial charge in [-0.3, -0.25) is 14.5 Å². The van der Waals surface area contributed by atoms with Gasteiger partial charge in [0.1, 0.15) is 4.90 Å². The first kappa shape index (κ1) is 15.1. The zero-order valence-electron chi connectivity index (χ0n) is 11.0. The highest BCUT2D eigenvalue weighted by molar-refractivity contribution is 7.89. The Morgan fingerprint density at radius 3 is 2.71 bits per heavy atom. The van der Waals surface area contributed by atoms with Crippen LogP contribution in [0, 0.1) is 0 Å². The lowest BCUT2D eigenvalue weighted by molar-refractivity contribution is -0.137. The zero-order chi connectivity index (χ0) is 15.3. The van der Waals surface area contributed by atoms with Crippen LogP contribution in [-0.2, 0) is 27.9 Å². The Morgan fingerprint density at radius 2 is 2.05 bits per heavy atom. The SMILES string of the molecule is O=C(O)CCn1cc(S(=O)(=O)NCc2ccncc2)cn1. The molecule has 112 valence electrons. The Labute approximate surface area is 121 Å². The topological polar surface area (TPSA) is 114 Å². The number of aromatic nitrogens is 3. The van der Waals surface area contributed by atoms with Gasteiger partial charge in [0.2, 0.25) is 10.0 Å². The Morgan fingerprint density at radius 1 is 1.33 bits per heavy atom. The van der Waals surface area contributed by atoms with Crippen LogP contribution >= 0.6 is 0 Å². The minimum Gasteiger partial charge on any atom is -0.481 e. The van der Waals surface area contributed by atoms with Crippen LogP contribution in [0.5, 0.6) is 0 Å². The molecule has 2 heterocycles. The Bertz CT molecular complexity index is 712. The third kappa shape index (κ3) is 4.36. The van der Waals surface area contributed by atoms with Crippen molar-refractivity contribution in [3.05, 3.63) is 42.5 Å². The summed E-state index contributed by atoms with van der Waals surface area (Å²) in [4.78, 5) is 14.3. The van der Waals surface area contributed by atoms with Gasteiger partial charge >= 0.3 is 5.97 Å². The van der Waals surface area contributed by atoms with Crippen molar-refractivity contribution in [2.24, 2.45) is 0 Å². The number of hydrogen-bond acceptors (Lipinski definition) is 5. The number of hydrogen-bond donors (Lipinski definition) is 2. The average Bonchev–Trinajstić information content (AvgIpc) is 2.94. The van der Waals surface area contributed by atoms with E-state index in [4.69, 9.17) is 5.11 Å². The molecule has 0 saturated heterocycles. The van der Waals surface area contributed by atoms with Crippen LogP contribution in [0.15, 0.2) is 41.8 Å². The molecular formula is C12H14N4O4S. The Balaban J connectivity index is 2.01. The number of sulfonamides is 1. The van der Waals surface area contributed by atoms with Crippen LogP contribution in [0.4, 0.5) is 0 Å². The summed E-state index contributed by atoms with van der Waals surface area (Å²) in [6, 6.07) is 3.41. The summed E-state index contributed by atoms with van der Waals surface area (Å²) >= 11 is 0. The molecule has 0 fully saturated rings. The molecule has 2 N–H and O–H groups in total. The zero-order valence-corrected chi connectivity index (χ0v) is 11.8. The van der Waals surface area contributed by atoms with Crippen LogP contribution < -0.4 is 4.72 Å². The van der Waals surface area contributed by atoms with Crippen LogP contribution in [0.25, 0.3) is 0 Å². The summed E-state index contributed by atoms with van der Waals surface area (Å²) in [5, 5.41) is 12.4. The number of nitrogens with zero attached hydrogens (tertiary/aromatic N) is 3. The molecule has 2 rings (SSSR count). The first-order valence-corrected chi connectivity index (χ1v) is 7.58. The minimum atomic E-state index is -3.68. The van der Waals surface area contributed by atoms with Crippen molar-refractivity contribution in [3.63, 3.8) is 0 Å². The van der Waals surface area contributed by atoms with Crippen molar-refractivity contribution < 1.29 is 18.3 Å². The molecule has 0 spiro atoms. The summed E-state index contributed by atoms with van der Waals surface area (Å²) in [5.41, 5.74) is 0.784. The number of aliphatic carboxylic acids is 1. The van der Waals surface area contributed by atoms with Crippen molar-refractivity contribution >= 4 is 16.0 Å². The third-order valence-electron chi connectivity index (χ3n) is 2.69. The van der Waals surface area contributed by atoms with E-state index in [1.165, 1.54) is 17.1 Å². The van der Waals surface area contributed by atoms with Crippen molar-refractivity contribution in [1.82, 2.24) is 19.5 Å². The van der Waals surface area contributed by atoms with Gasteiger partial charge in [0.25, 0.3) is 0 Å². The predicted octanol–water partition coefficient (Wildman–Crippen LogP) is 0.231. The van der Waals surface area contributed by atoms with Crippen LogP contribution in [0.1, 0.15) is 12.0 Å². The number of carboxylic acids is 1. The largest absolute Gasteiger partial charge is 0.481 e. The fraction of sp³-hybridized carbons (Fsp3) is 0.250. The number of nitrogens with one attached hydrogen (secondary N) is 1. The van der Waals surface area contributed by atoms with Gasteiger partial charge in [0.05, 0.1) is 19.2 Å². The molecular weight excluding hydrogens is 296 g/mol. The fourth-order valence-electron chi connectivity index (χ4n) is 1.58. The van der Waals surface area contributed by atoms with Crippen molar-refractivity contribution in [2.75, 3.05) is 0 Å². The molecule has 0 aliphatic carbocycles. The second kappa shape index (κ2) is 6.46. The third-order valence-corrected chi connectivity index (χ3v) is 4.05. The molecule has 0 aliphatic heterocycles. The summed E-state index contributed by atoms with van der Waals surface area (Å²) in [6.07, 6.45) is 5.53. The van der Waals surface area contributed by atoms with Crippen LogP contribution in [-0.4, -0.2) is 34.3 Å². The second-order valence-electron chi connectivity index (χ2n) is 4.26. The summed E-state index contributed by atoms with van der Waals surface area (Å²) in [6.45, 7) is 0.264. The molecule has 0 aliphatic rings. The second-order valence-corrected chi connectivity index (χ2v) is 6.03. The molecule has 0 aromatic carbocycles. The van der Waals surface area contributed by atoms with E-state index in [1.54, 1.807) is 24.5 Å². The van der Waals surface area contributed by atoms with Gasteiger partial charge in [-0.15, -0.1) is 0 Å². The molecule has 0 bridgehead atoms. The molecule has 2 aromatic heterocycles. The highest BCUT2D eigenvalue weighted by atomic mass is 32.2. The number of aryl methyl sites for hydroxylation is 1. The minimum absolute atomic E-state index is 0.00180. The molecule has 9 heteroatoms. The lowest BCUT2D eigenvalue weighted by Gasteiger charge is -2.04. The number of pyridine rings is 1. The average molecular weight is 310 g/mol. The van der Waals surface area contributed by atoms with Crippen LogP contribution in [0.2, 0.25) is 0 Å². The van der Waals surface area contributed by atoms with Gasteiger partial charge in [0.15, 0.2) is 0 Å². The standard InChI is InChI=1S/C12H14N4O4S/c17-12(18)3-6-16-9-11(8-14-16)21(19,20)15-7-10-1-4-13-5-2-10/h1-2,4-5,8-9,15H,3,6-7H2,(H,17,18). The fourth-order valence-corrected chi connectivity index (χ4v) is 2.55. The molecule has 8 nitrogen and oxygen atoms in total. The smallest absolute Gasteiger partial charge is 0.305 e. The van der Waals surface area contributed by atoms with E-state index in [0.717, 1.165) is 5.56 Å². The lowest BCUT2D eigenvalue weighted by Crippen LogP contribution is -2.22. The summed E-state index contributed by atoms with van der Waals surface area (Å²) in [5.74, 6) is -0.967. The van der Waals surface area contributed by atoms with E-state index in [0.29, 0.717) is 0 Å². The molecule has 0 saturated carbocycles.